The molecule has 5 nitrogen and oxygen atoms in total. The number of nitrogens with zero attached hydrogens (tertiary/aromatic N) is 5. The summed E-state index contributed by atoms with van der Waals surface area (Å²) >= 11 is 0. The molecule has 13 rings (SSSR count). The maximum Gasteiger partial charge on any atom is 0.165 e. The van der Waals surface area contributed by atoms with Gasteiger partial charge >= 0.3 is 0 Å². The van der Waals surface area contributed by atoms with Gasteiger partial charge in [0.05, 0.1) is 27.8 Å². The topological polar surface area (TPSA) is 37.8 Å². The van der Waals surface area contributed by atoms with Crippen LogP contribution in [0.15, 0.2) is 152 Å². The molecule has 0 unspecified atom stereocenters. The van der Waals surface area contributed by atoms with Crippen molar-refractivity contribution in [3.8, 4) is 0 Å². The highest BCUT2D eigenvalue weighted by Gasteiger charge is 2.30. The molecule has 0 radical (unpaired) electrons. The minimum Gasteiger partial charge on any atom is -0.308 e. The Morgan fingerprint density at radius 2 is 0.934 bits per heavy atom. The molecule has 0 aliphatic heterocycles. The maximum absolute atomic E-state index is 5.89. The number of fused-ring (bicyclic) bond motifs is 15. The fourth-order valence-corrected chi connectivity index (χ4v) is 10.4. The van der Waals surface area contributed by atoms with Gasteiger partial charge in [-0.1, -0.05) is 133 Å². The van der Waals surface area contributed by atoms with Crippen molar-refractivity contribution in [3.05, 3.63) is 163 Å². The minimum atomic E-state index is -0.0695. The molecule has 0 aliphatic carbocycles. The van der Waals surface area contributed by atoms with Crippen molar-refractivity contribution in [2.45, 2.75) is 52.4 Å². The van der Waals surface area contributed by atoms with Crippen molar-refractivity contribution in [1.29, 1.82) is 0 Å². The molecule has 13 aromatic rings. The Balaban J connectivity index is 1.28. The fraction of sp³-hybridized carbons (Fsp3) is 0.143. The van der Waals surface area contributed by atoms with Gasteiger partial charge in [-0.15, -0.1) is 0 Å². The van der Waals surface area contributed by atoms with Gasteiger partial charge in [0, 0.05) is 49.1 Å². The Kier molecular flexibility index (Phi) is 6.66. The van der Waals surface area contributed by atoms with Gasteiger partial charge in [-0.25, -0.2) is 9.97 Å². The lowest BCUT2D eigenvalue weighted by molar-refractivity contribution is 0.590. The predicted molar refractivity (Wildman–Crippen MR) is 258 cm³/mol. The molecule has 61 heavy (non-hydrogen) atoms. The average molecular weight is 786 g/mol. The second-order valence-corrected chi connectivity index (χ2v) is 19.1. The van der Waals surface area contributed by atoms with Gasteiger partial charge in [-0.2, -0.15) is 0 Å². The molecule has 5 aromatic heterocycles. The lowest BCUT2D eigenvalue weighted by atomic mass is 9.84. The molecule has 0 fully saturated rings. The van der Waals surface area contributed by atoms with Crippen LogP contribution in [0, 0.1) is 0 Å². The van der Waals surface area contributed by atoms with E-state index in [0.717, 1.165) is 61.2 Å². The average Bonchev–Trinajstić information content (AvgIpc) is 3.98. The fourth-order valence-electron chi connectivity index (χ4n) is 10.4. The summed E-state index contributed by atoms with van der Waals surface area (Å²) in [6.07, 6.45) is 0. The van der Waals surface area contributed by atoms with E-state index < -0.39 is 0 Å². The normalized spacial score (nSPS) is 13.1. The van der Waals surface area contributed by atoms with Crippen LogP contribution in [-0.4, -0.2) is 18.8 Å². The van der Waals surface area contributed by atoms with Crippen molar-refractivity contribution >= 4 is 115 Å². The summed E-state index contributed by atoms with van der Waals surface area (Å²) in [6, 6.07) is 55.8. The first-order valence-corrected chi connectivity index (χ1v) is 21.4. The Bertz CT molecular complexity index is 3900. The van der Waals surface area contributed by atoms with Gasteiger partial charge in [0.1, 0.15) is 11.0 Å². The highest BCUT2D eigenvalue weighted by atomic mass is 15.2. The van der Waals surface area contributed by atoms with Crippen molar-refractivity contribution < 1.29 is 0 Å². The summed E-state index contributed by atoms with van der Waals surface area (Å²) in [5, 5.41) is 12.0. The predicted octanol–water partition coefficient (Wildman–Crippen LogP) is 15.1. The van der Waals surface area contributed by atoms with Crippen molar-refractivity contribution in [1.82, 2.24) is 18.8 Å². The minimum absolute atomic E-state index is 0.0203. The number of hydrogen-bond donors (Lipinski definition) is 0. The molecule has 292 valence electrons. The number of aromatic nitrogens is 4. The number of rotatable bonds is 3. The summed E-state index contributed by atoms with van der Waals surface area (Å²) in [5.74, 6) is 0. The lowest BCUT2D eigenvalue weighted by Crippen LogP contribution is -2.11. The molecule has 0 atom stereocenters. The molecule has 5 heteroatoms. The van der Waals surface area contributed by atoms with Crippen LogP contribution in [0.25, 0.3) is 98.3 Å². The third-order valence-corrected chi connectivity index (χ3v) is 13.4. The highest BCUT2D eigenvalue weighted by Crippen LogP contribution is 2.51. The summed E-state index contributed by atoms with van der Waals surface area (Å²) in [4.78, 5) is 14.2. The Hall–Kier alpha value is -7.24. The lowest BCUT2D eigenvalue weighted by Gasteiger charge is -2.28. The zero-order chi connectivity index (χ0) is 41.1. The number of anilines is 3. The van der Waals surface area contributed by atoms with E-state index in [1.54, 1.807) is 0 Å². The number of hydrogen-bond acceptors (Lipinski definition) is 3. The second kappa shape index (κ2) is 11.7. The van der Waals surface area contributed by atoms with Crippen LogP contribution in [-0.2, 0) is 10.8 Å². The summed E-state index contributed by atoms with van der Waals surface area (Å²) in [6.45, 7) is 13.8. The van der Waals surface area contributed by atoms with E-state index >= 15 is 0 Å². The molecule has 0 aliphatic rings. The van der Waals surface area contributed by atoms with Gasteiger partial charge in [0.25, 0.3) is 0 Å². The monoisotopic (exact) mass is 785 g/mol. The van der Waals surface area contributed by atoms with Crippen LogP contribution < -0.4 is 4.90 Å². The Morgan fingerprint density at radius 3 is 1.61 bits per heavy atom. The third-order valence-electron chi connectivity index (χ3n) is 13.4. The molecule has 8 aromatic carbocycles. The third kappa shape index (κ3) is 4.61. The zero-order valence-corrected chi connectivity index (χ0v) is 35.2. The standard InChI is InChI=1S/C56H43N5/c1-55(2,3)34-25-26-45-40(29-34)43-30-35(56(4,5)6)31-44-47-53(60(45)49(43)44)58-48-46-38-23-15-13-17-32(38)27-41-42-28-33-18-14-16-24-39(33)51(52(42)61(50(41)46)54(48)57-47)59(36-19-9-7-10-20-36)37-21-11-8-12-22-37/h7-31H,1-6H3. The van der Waals surface area contributed by atoms with Gasteiger partial charge in [0.2, 0.25) is 0 Å². The van der Waals surface area contributed by atoms with E-state index in [9.17, 15) is 0 Å². The number of benzene rings is 8. The van der Waals surface area contributed by atoms with Crippen LogP contribution in [0.4, 0.5) is 17.1 Å². The molecule has 0 N–H and O–H groups in total. The van der Waals surface area contributed by atoms with Crippen molar-refractivity contribution in [2.24, 2.45) is 0 Å². The van der Waals surface area contributed by atoms with Crippen molar-refractivity contribution in [3.63, 3.8) is 0 Å². The Labute approximate surface area is 352 Å². The van der Waals surface area contributed by atoms with Crippen LogP contribution in [0.3, 0.4) is 0 Å². The SMILES string of the molecule is CC(C)(C)c1ccc2c(c1)c1cc(C(C)(C)C)cc3c4nc5c(nc4n2c13)c1c2ccccc2cc2c3cc4ccccc4c(N(c4ccccc4)c4ccccc4)c3n5c21. The van der Waals surface area contributed by atoms with Crippen LogP contribution in [0.2, 0.25) is 0 Å². The van der Waals surface area contributed by atoms with E-state index in [4.69, 9.17) is 9.97 Å². The largest absolute Gasteiger partial charge is 0.308 e. The molecule has 0 saturated heterocycles. The Morgan fingerprint density at radius 1 is 0.410 bits per heavy atom. The summed E-state index contributed by atoms with van der Waals surface area (Å²) in [7, 11) is 0. The van der Waals surface area contributed by atoms with E-state index in [0.29, 0.717) is 0 Å². The molecular formula is C56H43N5. The van der Waals surface area contributed by atoms with Gasteiger partial charge in [0.15, 0.2) is 11.3 Å². The summed E-state index contributed by atoms with van der Waals surface area (Å²) < 4.78 is 4.86. The first kappa shape index (κ1) is 34.6. The molecule has 0 saturated carbocycles. The maximum atomic E-state index is 5.89. The first-order chi connectivity index (χ1) is 29.5. The molecule has 5 heterocycles. The second-order valence-electron chi connectivity index (χ2n) is 19.1. The van der Waals surface area contributed by atoms with Crippen LogP contribution in [0.5, 0.6) is 0 Å². The smallest absolute Gasteiger partial charge is 0.165 e. The van der Waals surface area contributed by atoms with E-state index in [-0.39, 0.29) is 10.8 Å². The zero-order valence-electron chi connectivity index (χ0n) is 35.2. The molecule has 0 bridgehead atoms. The van der Waals surface area contributed by atoms with Gasteiger partial charge in [-0.05, 0) is 98.8 Å². The van der Waals surface area contributed by atoms with E-state index in [1.165, 1.54) is 65.3 Å². The molecule has 0 spiro atoms. The molecular weight excluding hydrogens is 743 g/mol. The quantitative estimate of drug-likeness (QED) is 0.179. The van der Waals surface area contributed by atoms with E-state index in [2.05, 4.69) is 207 Å². The van der Waals surface area contributed by atoms with Crippen LogP contribution >= 0.6 is 0 Å². The van der Waals surface area contributed by atoms with Crippen LogP contribution in [0.1, 0.15) is 52.7 Å². The summed E-state index contributed by atoms with van der Waals surface area (Å²) in [5.41, 5.74) is 14.2. The number of para-hydroxylation sites is 2. The first-order valence-electron chi connectivity index (χ1n) is 21.4. The van der Waals surface area contributed by atoms with Gasteiger partial charge in [-0.3, -0.25) is 8.80 Å². The molecule has 0 amide bonds. The van der Waals surface area contributed by atoms with E-state index in [1.807, 2.05) is 0 Å². The van der Waals surface area contributed by atoms with Crippen molar-refractivity contribution in [2.75, 3.05) is 4.90 Å². The van der Waals surface area contributed by atoms with Gasteiger partial charge < -0.3 is 4.90 Å². The highest BCUT2D eigenvalue weighted by molar-refractivity contribution is 6.34.